The summed E-state index contributed by atoms with van der Waals surface area (Å²) in [6, 6.07) is 6.90. The first-order valence-corrected chi connectivity index (χ1v) is 7.93. The molecule has 0 aliphatic carbocycles. The maximum Gasteiger partial charge on any atom is 0.453 e. The van der Waals surface area contributed by atoms with Crippen LogP contribution in [0.5, 0.6) is 0 Å². The van der Waals surface area contributed by atoms with Crippen LogP contribution in [-0.2, 0) is 22.1 Å². The molecule has 0 spiro atoms. The van der Waals surface area contributed by atoms with Gasteiger partial charge in [-0.1, -0.05) is 12.1 Å². The minimum Gasteiger partial charge on any atom is -0.469 e. The number of benzene rings is 1. The molecule has 142 valence electrons. The number of carbonyl (C=O) groups excluding carboxylic acids is 1. The van der Waals surface area contributed by atoms with Crippen molar-refractivity contribution in [3.63, 3.8) is 0 Å². The van der Waals surface area contributed by atoms with E-state index in [1.165, 1.54) is 7.11 Å². The van der Waals surface area contributed by atoms with Gasteiger partial charge in [-0.2, -0.15) is 17.7 Å². The maximum absolute atomic E-state index is 13.1. The van der Waals surface area contributed by atoms with Gasteiger partial charge in [0.25, 0.3) is 5.82 Å². The van der Waals surface area contributed by atoms with Crippen molar-refractivity contribution in [2.45, 2.75) is 26.4 Å². The second-order valence-corrected chi connectivity index (χ2v) is 5.93. The lowest BCUT2D eigenvalue weighted by Gasteiger charge is -2.13. The fourth-order valence-corrected chi connectivity index (χ4v) is 2.56. The molecular formula is C17H16F3N5O2. The monoisotopic (exact) mass is 379 g/mol. The van der Waals surface area contributed by atoms with Gasteiger partial charge in [0.1, 0.15) is 0 Å². The lowest BCUT2D eigenvalue weighted by atomic mass is 10.1. The minimum absolute atomic E-state index is 0.0461. The molecule has 0 bridgehead atoms. The molecule has 1 N–H and O–H groups in total. The Labute approximate surface area is 152 Å². The number of methoxy groups -OCH3 is 1. The number of aromatic nitrogens is 4. The van der Waals surface area contributed by atoms with E-state index < -0.39 is 18.0 Å². The van der Waals surface area contributed by atoms with Gasteiger partial charge in [0.05, 0.1) is 13.5 Å². The van der Waals surface area contributed by atoms with Gasteiger partial charge in [-0.3, -0.25) is 4.79 Å². The Kier molecular flexibility index (Phi) is 4.73. The van der Waals surface area contributed by atoms with E-state index in [1.54, 1.807) is 38.1 Å². The average molecular weight is 379 g/mol. The molecule has 0 amide bonds. The standard InChI is InChI=1S/C17H16F3N5O2/c1-9-10(2)15-22-23-16(17(18,19)20)25(15)24-14(9)21-12-6-4-5-11(7-12)8-13(26)27-3/h4-7H,8H2,1-3H3,(H,21,24). The predicted octanol–water partition coefficient (Wildman–Crippen LogP) is 3.22. The zero-order valence-corrected chi connectivity index (χ0v) is 14.8. The fourth-order valence-electron chi connectivity index (χ4n) is 2.56. The first-order valence-electron chi connectivity index (χ1n) is 7.93. The van der Waals surface area contributed by atoms with Gasteiger partial charge in [-0.25, -0.2) is 0 Å². The van der Waals surface area contributed by atoms with Crippen molar-refractivity contribution in [2.24, 2.45) is 0 Å². The van der Waals surface area contributed by atoms with Crippen LogP contribution in [0.4, 0.5) is 24.7 Å². The highest BCUT2D eigenvalue weighted by Gasteiger charge is 2.38. The van der Waals surface area contributed by atoms with E-state index in [1.807, 2.05) is 0 Å². The van der Waals surface area contributed by atoms with Gasteiger partial charge in [-0.15, -0.1) is 15.3 Å². The quantitative estimate of drug-likeness (QED) is 0.701. The highest BCUT2D eigenvalue weighted by Crippen LogP contribution is 2.30. The molecule has 27 heavy (non-hydrogen) atoms. The second-order valence-electron chi connectivity index (χ2n) is 5.93. The van der Waals surface area contributed by atoms with Crippen molar-refractivity contribution in [1.82, 2.24) is 19.8 Å². The molecule has 0 aliphatic rings. The van der Waals surface area contributed by atoms with Gasteiger partial charge in [0.2, 0.25) is 0 Å². The van der Waals surface area contributed by atoms with Crippen molar-refractivity contribution < 1.29 is 22.7 Å². The average Bonchev–Trinajstić information content (AvgIpc) is 3.04. The Balaban J connectivity index is 2.01. The third-order valence-electron chi connectivity index (χ3n) is 4.11. The molecule has 0 aliphatic heterocycles. The van der Waals surface area contributed by atoms with E-state index in [-0.39, 0.29) is 17.9 Å². The van der Waals surface area contributed by atoms with E-state index in [0.29, 0.717) is 26.9 Å². The number of ether oxygens (including phenoxy) is 1. The zero-order chi connectivity index (χ0) is 19.8. The highest BCUT2D eigenvalue weighted by molar-refractivity contribution is 5.73. The number of hydrogen-bond donors (Lipinski definition) is 1. The molecule has 3 rings (SSSR count). The summed E-state index contributed by atoms with van der Waals surface area (Å²) in [6.45, 7) is 3.38. The molecule has 2 aromatic heterocycles. The predicted molar refractivity (Wildman–Crippen MR) is 90.7 cm³/mol. The summed E-state index contributed by atoms with van der Waals surface area (Å²) in [5.41, 5.74) is 2.49. The first kappa shape index (κ1) is 18.6. The van der Waals surface area contributed by atoms with Gasteiger partial charge >= 0.3 is 12.1 Å². The Morgan fingerprint density at radius 3 is 2.63 bits per heavy atom. The molecule has 1 aromatic carbocycles. The number of alkyl halides is 3. The molecule has 10 heteroatoms. The molecule has 7 nitrogen and oxygen atoms in total. The number of hydrogen-bond acceptors (Lipinski definition) is 6. The van der Waals surface area contributed by atoms with Crippen LogP contribution >= 0.6 is 0 Å². The Bertz CT molecular complexity index is 1010. The number of anilines is 2. The Morgan fingerprint density at radius 2 is 1.96 bits per heavy atom. The van der Waals surface area contributed by atoms with Gasteiger partial charge < -0.3 is 10.1 Å². The third-order valence-corrected chi connectivity index (χ3v) is 4.11. The summed E-state index contributed by atoms with van der Waals surface area (Å²) >= 11 is 0. The summed E-state index contributed by atoms with van der Waals surface area (Å²) in [5.74, 6) is -1.35. The molecule has 0 saturated carbocycles. The topological polar surface area (TPSA) is 81.4 Å². The van der Waals surface area contributed by atoms with E-state index in [0.717, 1.165) is 0 Å². The molecule has 0 radical (unpaired) electrons. The number of fused-ring (bicyclic) bond motifs is 1. The lowest BCUT2D eigenvalue weighted by molar-refractivity contribution is -0.146. The highest BCUT2D eigenvalue weighted by atomic mass is 19.4. The van der Waals surface area contributed by atoms with Crippen LogP contribution in [-0.4, -0.2) is 32.9 Å². The van der Waals surface area contributed by atoms with E-state index in [2.05, 4.69) is 25.3 Å². The van der Waals surface area contributed by atoms with Crippen LogP contribution < -0.4 is 5.32 Å². The van der Waals surface area contributed by atoms with Crippen LogP contribution in [0.3, 0.4) is 0 Å². The smallest absolute Gasteiger partial charge is 0.453 e. The molecule has 3 aromatic rings. The molecule has 0 unspecified atom stereocenters. The van der Waals surface area contributed by atoms with E-state index in [4.69, 9.17) is 0 Å². The van der Waals surface area contributed by atoms with Gasteiger partial charge in [-0.05, 0) is 31.5 Å². The first-order chi connectivity index (χ1) is 12.7. The summed E-state index contributed by atoms with van der Waals surface area (Å²) in [6.07, 6.45) is -4.59. The molecule has 0 atom stereocenters. The normalized spacial score (nSPS) is 11.6. The summed E-state index contributed by atoms with van der Waals surface area (Å²) in [7, 11) is 1.30. The number of aryl methyl sites for hydroxylation is 1. The van der Waals surface area contributed by atoms with Crippen molar-refractivity contribution >= 4 is 23.1 Å². The largest absolute Gasteiger partial charge is 0.469 e. The van der Waals surface area contributed by atoms with Gasteiger partial charge in [0.15, 0.2) is 11.5 Å². The summed E-state index contributed by atoms with van der Waals surface area (Å²) in [4.78, 5) is 11.4. The van der Waals surface area contributed by atoms with Crippen LogP contribution in [0.15, 0.2) is 24.3 Å². The van der Waals surface area contributed by atoms with Crippen LogP contribution in [0.2, 0.25) is 0 Å². The third kappa shape index (κ3) is 3.69. The Hall–Kier alpha value is -3.17. The Morgan fingerprint density at radius 1 is 1.22 bits per heavy atom. The van der Waals surface area contributed by atoms with Crippen molar-refractivity contribution in [2.75, 3.05) is 12.4 Å². The maximum atomic E-state index is 13.1. The molecule has 0 saturated heterocycles. The van der Waals surface area contributed by atoms with Gasteiger partial charge in [0, 0.05) is 16.8 Å². The zero-order valence-electron chi connectivity index (χ0n) is 14.8. The number of halogens is 3. The van der Waals surface area contributed by atoms with E-state index in [9.17, 15) is 18.0 Å². The molecule has 0 fully saturated rings. The van der Waals surface area contributed by atoms with E-state index >= 15 is 0 Å². The lowest BCUT2D eigenvalue weighted by Crippen LogP contribution is -2.14. The van der Waals surface area contributed by atoms with Crippen molar-refractivity contribution in [1.29, 1.82) is 0 Å². The number of nitrogens with one attached hydrogen (secondary N) is 1. The summed E-state index contributed by atoms with van der Waals surface area (Å²) < 4.78 is 44.7. The molecular weight excluding hydrogens is 363 g/mol. The van der Waals surface area contributed by atoms with Crippen LogP contribution in [0.25, 0.3) is 5.65 Å². The number of esters is 1. The van der Waals surface area contributed by atoms with Crippen LogP contribution in [0, 0.1) is 13.8 Å². The fraction of sp³-hybridized carbons (Fsp3) is 0.294. The number of carbonyl (C=O) groups is 1. The number of rotatable bonds is 4. The second kappa shape index (κ2) is 6.86. The van der Waals surface area contributed by atoms with Crippen molar-refractivity contribution in [3.05, 3.63) is 46.8 Å². The molecule has 2 heterocycles. The van der Waals surface area contributed by atoms with Crippen LogP contribution in [0.1, 0.15) is 22.5 Å². The minimum atomic E-state index is -4.67. The summed E-state index contributed by atoms with van der Waals surface area (Å²) in [5, 5.41) is 13.9. The van der Waals surface area contributed by atoms with Crippen molar-refractivity contribution in [3.8, 4) is 0 Å². The SMILES string of the molecule is COC(=O)Cc1cccc(Nc2nn3c(C(F)(F)F)nnc3c(C)c2C)c1. The number of nitrogens with zero attached hydrogens (tertiary/aromatic N) is 4.